The van der Waals surface area contributed by atoms with Crippen LogP contribution in [0.5, 0.6) is 0 Å². The molecule has 0 bridgehead atoms. The van der Waals surface area contributed by atoms with E-state index >= 15 is 0 Å². The number of rotatable bonds is 6. The van der Waals surface area contributed by atoms with Crippen LogP contribution >= 0.6 is 0 Å². The van der Waals surface area contributed by atoms with Crippen LogP contribution in [0.1, 0.15) is 11.3 Å². The number of nitro groups is 1. The Morgan fingerprint density at radius 1 is 1.18 bits per heavy atom. The molecule has 0 aliphatic rings. The summed E-state index contributed by atoms with van der Waals surface area (Å²) < 4.78 is 18.6. The normalized spacial score (nSPS) is 10.8. The third-order valence-electron chi connectivity index (χ3n) is 3.69. The molecule has 9 heteroatoms. The number of urea groups is 1. The van der Waals surface area contributed by atoms with E-state index in [1.165, 1.54) is 30.5 Å². The third-order valence-corrected chi connectivity index (χ3v) is 3.69. The number of non-ortho nitro benzene ring substituents is 1. The van der Waals surface area contributed by atoms with E-state index in [-0.39, 0.29) is 18.0 Å². The summed E-state index contributed by atoms with van der Waals surface area (Å²) in [6.45, 7) is 0.157. The molecule has 0 fully saturated rings. The van der Waals surface area contributed by atoms with Crippen molar-refractivity contribution in [3.05, 3.63) is 87.9 Å². The lowest BCUT2D eigenvalue weighted by Gasteiger charge is -2.04. The summed E-state index contributed by atoms with van der Waals surface area (Å²) in [7, 11) is 0. The number of carbonyl (C=O) groups excluding carboxylic acids is 1. The van der Waals surface area contributed by atoms with Gasteiger partial charge < -0.3 is 9.73 Å². The number of furan rings is 1. The van der Waals surface area contributed by atoms with Gasteiger partial charge in [0.05, 0.1) is 11.1 Å². The maximum atomic E-state index is 13.1. The highest BCUT2D eigenvalue weighted by Gasteiger charge is 2.08. The Hall–Kier alpha value is -4.01. The lowest BCUT2D eigenvalue weighted by Crippen LogP contribution is -2.31. The minimum atomic E-state index is -0.553. The lowest BCUT2D eigenvalue weighted by atomic mass is 10.1. The standard InChI is InChI=1S/C19H15FN4O4/c20-15-3-1-2-13(10-15)11-21-19(25)23-22-12-17-8-9-18(28-17)14-4-6-16(7-5-14)24(26)27/h1-10,12H,11H2,(H2,21,23,25)/b22-12+. The van der Waals surface area contributed by atoms with Gasteiger partial charge >= 0.3 is 6.03 Å². The van der Waals surface area contributed by atoms with E-state index in [1.54, 1.807) is 36.4 Å². The van der Waals surface area contributed by atoms with E-state index in [1.807, 2.05) is 0 Å². The highest BCUT2D eigenvalue weighted by atomic mass is 19.1. The summed E-state index contributed by atoms with van der Waals surface area (Å²) >= 11 is 0. The zero-order valence-electron chi connectivity index (χ0n) is 14.5. The van der Waals surface area contributed by atoms with Crippen molar-refractivity contribution in [2.24, 2.45) is 5.10 Å². The fourth-order valence-corrected chi connectivity index (χ4v) is 2.35. The molecular weight excluding hydrogens is 367 g/mol. The molecule has 1 aromatic heterocycles. The maximum absolute atomic E-state index is 13.1. The van der Waals surface area contributed by atoms with E-state index in [4.69, 9.17) is 4.42 Å². The lowest BCUT2D eigenvalue weighted by molar-refractivity contribution is -0.384. The van der Waals surface area contributed by atoms with Gasteiger partial charge in [0.15, 0.2) is 0 Å². The number of hydrazone groups is 1. The molecule has 2 amide bonds. The van der Waals surface area contributed by atoms with Crippen molar-refractivity contribution in [3.8, 4) is 11.3 Å². The zero-order valence-corrected chi connectivity index (χ0v) is 14.5. The fraction of sp³-hybridized carbons (Fsp3) is 0.0526. The van der Waals surface area contributed by atoms with Crippen molar-refractivity contribution in [2.45, 2.75) is 6.54 Å². The van der Waals surface area contributed by atoms with Gasteiger partial charge in [0, 0.05) is 24.2 Å². The Morgan fingerprint density at radius 2 is 1.96 bits per heavy atom. The molecule has 0 atom stereocenters. The topological polar surface area (TPSA) is 110 Å². The summed E-state index contributed by atoms with van der Waals surface area (Å²) in [6, 6.07) is 14.6. The molecule has 28 heavy (non-hydrogen) atoms. The van der Waals surface area contributed by atoms with E-state index in [0.717, 1.165) is 0 Å². The van der Waals surface area contributed by atoms with Gasteiger partial charge in [-0.25, -0.2) is 14.6 Å². The first kappa shape index (κ1) is 18.8. The van der Waals surface area contributed by atoms with Gasteiger partial charge in [-0.2, -0.15) is 5.10 Å². The molecule has 2 N–H and O–H groups in total. The molecule has 0 spiro atoms. The molecule has 0 saturated carbocycles. The average Bonchev–Trinajstić information content (AvgIpc) is 3.15. The number of nitro benzene ring substituents is 1. The van der Waals surface area contributed by atoms with Crippen molar-refractivity contribution < 1.29 is 18.5 Å². The van der Waals surface area contributed by atoms with Crippen LogP contribution in [0, 0.1) is 15.9 Å². The molecule has 8 nitrogen and oxygen atoms in total. The molecule has 1 heterocycles. The fourth-order valence-electron chi connectivity index (χ4n) is 2.35. The van der Waals surface area contributed by atoms with Gasteiger partial charge in [-0.3, -0.25) is 10.1 Å². The van der Waals surface area contributed by atoms with Crippen molar-refractivity contribution in [3.63, 3.8) is 0 Å². The van der Waals surface area contributed by atoms with Gasteiger partial charge in [-0.1, -0.05) is 12.1 Å². The average molecular weight is 382 g/mol. The third kappa shape index (κ3) is 5.01. The SMILES string of the molecule is O=C(NCc1cccc(F)c1)N/N=C/c1ccc(-c2ccc([N+](=O)[O-])cc2)o1. The Kier molecular flexibility index (Phi) is 5.75. The van der Waals surface area contributed by atoms with E-state index in [0.29, 0.717) is 22.6 Å². The van der Waals surface area contributed by atoms with Gasteiger partial charge in [-0.15, -0.1) is 0 Å². The predicted octanol–water partition coefficient (Wildman–Crippen LogP) is 3.83. The zero-order chi connectivity index (χ0) is 19.9. The molecule has 3 rings (SSSR count). The van der Waals surface area contributed by atoms with Gasteiger partial charge in [0.25, 0.3) is 5.69 Å². The number of carbonyl (C=O) groups is 1. The van der Waals surface area contributed by atoms with Crippen LogP contribution in [-0.2, 0) is 6.54 Å². The first-order valence-corrected chi connectivity index (χ1v) is 8.17. The number of hydrogen-bond acceptors (Lipinski definition) is 5. The molecule has 142 valence electrons. The Morgan fingerprint density at radius 3 is 2.68 bits per heavy atom. The first-order valence-electron chi connectivity index (χ1n) is 8.17. The first-order chi connectivity index (χ1) is 13.5. The molecule has 0 radical (unpaired) electrons. The molecule has 0 saturated heterocycles. The van der Waals surface area contributed by atoms with Crippen LogP contribution in [0.25, 0.3) is 11.3 Å². The Labute approximate surface area is 158 Å². The van der Waals surface area contributed by atoms with Crippen LogP contribution < -0.4 is 10.7 Å². The summed E-state index contributed by atoms with van der Waals surface area (Å²) in [5.74, 6) is 0.519. The van der Waals surface area contributed by atoms with Gasteiger partial charge in [0.1, 0.15) is 17.3 Å². The molecule has 0 unspecified atom stereocenters. The van der Waals surface area contributed by atoms with Crippen molar-refractivity contribution in [1.82, 2.24) is 10.7 Å². The summed E-state index contributed by atoms with van der Waals surface area (Å²) in [4.78, 5) is 21.9. The molecule has 2 aromatic carbocycles. The number of amides is 2. The second kappa shape index (κ2) is 8.58. The summed E-state index contributed by atoms with van der Waals surface area (Å²) in [5.41, 5.74) is 3.56. The Bertz CT molecular complexity index is 1010. The number of benzene rings is 2. The van der Waals surface area contributed by atoms with Crippen LogP contribution in [0.2, 0.25) is 0 Å². The number of halogens is 1. The number of nitrogens with one attached hydrogen (secondary N) is 2. The predicted molar refractivity (Wildman–Crippen MR) is 100 cm³/mol. The largest absolute Gasteiger partial charge is 0.455 e. The van der Waals surface area contributed by atoms with E-state index in [9.17, 15) is 19.3 Å². The Balaban J connectivity index is 1.52. The quantitative estimate of drug-likeness (QED) is 0.383. The highest BCUT2D eigenvalue weighted by molar-refractivity contribution is 5.80. The van der Waals surface area contributed by atoms with E-state index in [2.05, 4.69) is 15.8 Å². The minimum Gasteiger partial charge on any atom is -0.455 e. The minimum absolute atomic E-state index is 0.00875. The van der Waals surface area contributed by atoms with Crippen molar-refractivity contribution in [2.75, 3.05) is 0 Å². The van der Waals surface area contributed by atoms with Crippen LogP contribution in [0.3, 0.4) is 0 Å². The second-order valence-electron chi connectivity index (χ2n) is 5.69. The van der Waals surface area contributed by atoms with Crippen molar-refractivity contribution in [1.29, 1.82) is 0 Å². The highest BCUT2D eigenvalue weighted by Crippen LogP contribution is 2.23. The van der Waals surface area contributed by atoms with Crippen molar-refractivity contribution >= 4 is 17.9 Å². The molecular formula is C19H15FN4O4. The maximum Gasteiger partial charge on any atom is 0.335 e. The molecule has 3 aromatic rings. The second-order valence-corrected chi connectivity index (χ2v) is 5.69. The molecule has 0 aliphatic carbocycles. The van der Waals surface area contributed by atoms with Crippen LogP contribution in [0.15, 0.2) is 70.2 Å². The van der Waals surface area contributed by atoms with Gasteiger partial charge in [0.2, 0.25) is 0 Å². The molecule has 0 aliphatic heterocycles. The number of nitrogens with zero attached hydrogens (tertiary/aromatic N) is 2. The van der Waals surface area contributed by atoms with Crippen LogP contribution in [-0.4, -0.2) is 17.2 Å². The number of hydrogen-bond donors (Lipinski definition) is 2. The monoisotopic (exact) mass is 382 g/mol. The summed E-state index contributed by atoms with van der Waals surface area (Å²) in [5, 5.41) is 17.0. The smallest absolute Gasteiger partial charge is 0.335 e. The van der Waals surface area contributed by atoms with Gasteiger partial charge in [-0.05, 0) is 42.0 Å². The van der Waals surface area contributed by atoms with Crippen LogP contribution in [0.4, 0.5) is 14.9 Å². The van der Waals surface area contributed by atoms with E-state index < -0.39 is 11.0 Å². The summed E-state index contributed by atoms with van der Waals surface area (Å²) in [6.07, 6.45) is 1.32.